The third kappa shape index (κ3) is 6.42. The zero-order chi connectivity index (χ0) is 19.0. The van der Waals surface area contributed by atoms with Gasteiger partial charge in [0.2, 0.25) is 5.79 Å². The van der Waals surface area contributed by atoms with Gasteiger partial charge in [-0.3, -0.25) is 13.7 Å². The van der Waals surface area contributed by atoms with Crippen molar-refractivity contribution in [2.75, 3.05) is 13.2 Å². The van der Waals surface area contributed by atoms with E-state index in [4.69, 9.17) is 18.8 Å². The van der Waals surface area contributed by atoms with Crippen LogP contribution >= 0.6 is 0 Å². The van der Waals surface area contributed by atoms with Crippen molar-refractivity contribution in [3.05, 3.63) is 0 Å². The quantitative estimate of drug-likeness (QED) is 0.237. The molecule has 1 aliphatic rings. The number of hydrogen-bond donors (Lipinski definition) is 5. The Labute approximate surface area is 135 Å². The largest absolute Gasteiger partial charge is 0.397 e. The zero-order valence-electron chi connectivity index (χ0n) is 11.2. The fraction of sp³-hybridized carbons (Fsp3) is 1.00. The average Bonchev–Trinajstić information content (AvgIpc) is 2.58. The maximum absolute atomic E-state index is 10.8. The van der Waals surface area contributed by atoms with Crippen LogP contribution in [0, 0.1) is 0 Å². The van der Waals surface area contributed by atoms with Crippen molar-refractivity contribution in [2.45, 2.75) is 24.1 Å². The van der Waals surface area contributed by atoms with Crippen molar-refractivity contribution < 1.29 is 66.4 Å². The number of rotatable bonds is 8. The van der Waals surface area contributed by atoms with Gasteiger partial charge in [-0.1, -0.05) is 0 Å². The van der Waals surface area contributed by atoms with Gasteiger partial charge in [0.15, 0.2) is 6.10 Å². The summed E-state index contributed by atoms with van der Waals surface area (Å²) in [5, 5.41) is 18.9. The summed E-state index contributed by atoms with van der Waals surface area (Å²) in [6.07, 6.45) is -6.80. The second-order valence-electron chi connectivity index (χ2n) is 4.30. The van der Waals surface area contributed by atoms with E-state index in [1.807, 2.05) is 0 Å². The van der Waals surface area contributed by atoms with E-state index in [-0.39, 0.29) is 0 Å². The minimum absolute atomic E-state index is 1.26. The van der Waals surface area contributed by atoms with E-state index in [1.165, 1.54) is 0 Å². The molecule has 0 aliphatic carbocycles. The van der Waals surface area contributed by atoms with Crippen LogP contribution in [0.5, 0.6) is 0 Å². The fourth-order valence-corrected chi connectivity index (χ4v) is 3.10. The van der Waals surface area contributed by atoms with Gasteiger partial charge in [-0.05, 0) is 0 Å². The van der Waals surface area contributed by atoms with Crippen molar-refractivity contribution in [3.63, 3.8) is 0 Å². The lowest BCUT2D eigenvalue weighted by molar-refractivity contribution is -0.243. The van der Waals surface area contributed by atoms with Crippen molar-refractivity contribution in [1.29, 1.82) is 0 Å². The molecular weight excluding hydrogens is 408 g/mol. The molecular formula is C6H12O15S3. The summed E-state index contributed by atoms with van der Waals surface area (Å²) in [6, 6.07) is 0. The lowest BCUT2D eigenvalue weighted by Gasteiger charge is -2.26. The third-order valence-electron chi connectivity index (χ3n) is 2.53. The van der Waals surface area contributed by atoms with Crippen LogP contribution < -0.4 is 0 Å². The Morgan fingerprint density at radius 3 is 1.79 bits per heavy atom. The molecule has 1 aliphatic heterocycles. The van der Waals surface area contributed by atoms with Crippen LogP contribution in [0.15, 0.2) is 0 Å². The van der Waals surface area contributed by atoms with Gasteiger partial charge in [0.25, 0.3) is 0 Å². The second-order valence-corrected chi connectivity index (χ2v) is 7.49. The number of aliphatic hydroxyl groups excluding tert-OH is 1. The molecule has 24 heavy (non-hydrogen) atoms. The summed E-state index contributed by atoms with van der Waals surface area (Å²) < 4.78 is 106. The van der Waals surface area contributed by atoms with Gasteiger partial charge in [-0.15, -0.1) is 0 Å². The van der Waals surface area contributed by atoms with E-state index in [2.05, 4.69) is 17.3 Å². The van der Waals surface area contributed by atoms with Crippen LogP contribution in [0.3, 0.4) is 0 Å². The topological polar surface area (TPSA) is 240 Å². The summed E-state index contributed by atoms with van der Waals surface area (Å²) in [6.45, 7) is -2.70. The first kappa shape index (κ1) is 21.5. The monoisotopic (exact) mass is 420 g/mol. The molecule has 1 heterocycles. The molecule has 0 aromatic carbocycles. The van der Waals surface area contributed by atoms with Crippen molar-refractivity contribution in [2.24, 2.45) is 0 Å². The van der Waals surface area contributed by atoms with Gasteiger partial charge in [-0.2, -0.15) is 25.3 Å². The van der Waals surface area contributed by atoms with E-state index in [9.17, 15) is 30.4 Å². The lowest BCUT2D eigenvalue weighted by atomic mass is 10.1. The Hall–Kier alpha value is -0.510. The minimum Gasteiger partial charge on any atom is -0.391 e. The van der Waals surface area contributed by atoms with Crippen LogP contribution in [-0.2, 0) is 48.5 Å². The Morgan fingerprint density at radius 2 is 1.42 bits per heavy atom. The van der Waals surface area contributed by atoms with E-state index in [0.29, 0.717) is 0 Å². The van der Waals surface area contributed by atoms with E-state index >= 15 is 0 Å². The molecule has 4 atom stereocenters. The van der Waals surface area contributed by atoms with Crippen LogP contribution in [-0.4, -0.2) is 86.4 Å². The van der Waals surface area contributed by atoms with Gasteiger partial charge in [0.1, 0.15) is 12.2 Å². The zero-order valence-corrected chi connectivity index (χ0v) is 13.6. The van der Waals surface area contributed by atoms with Gasteiger partial charge in [0, 0.05) is 0 Å². The molecule has 1 saturated heterocycles. The highest BCUT2D eigenvalue weighted by atomic mass is 32.3. The number of ether oxygens (including phenoxy) is 1. The highest BCUT2D eigenvalue weighted by Gasteiger charge is 2.59. The van der Waals surface area contributed by atoms with Crippen LogP contribution in [0.2, 0.25) is 0 Å². The molecule has 5 N–H and O–H groups in total. The van der Waals surface area contributed by atoms with E-state index < -0.39 is 68.5 Å². The molecule has 144 valence electrons. The average molecular weight is 420 g/mol. The van der Waals surface area contributed by atoms with Gasteiger partial charge < -0.3 is 14.9 Å². The molecule has 1 rings (SSSR count). The Bertz CT molecular complexity index is 751. The molecule has 0 spiro atoms. The maximum Gasteiger partial charge on any atom is 0.397 e. The molecule has 0 unspecified atom stereocenters. The molecule has 0 radical (unpaired) electrons. The summed E-state index contributed by atoms with van der Waals surface area (Å²) in [4.78, 5) is 0. The molecule has 0 saturated carbocycles. The molecule has 0 bridgehead atoms. The lowest BCUT2D eigenvalue weighted by Crippen LogP contribution is -2.49. The van der Waals surface area contributed by atoms with Gasteiger partial charge in [-0.25, -0.2) is 12.5 Å². The Kier molecular flexibility index (Phi) is 6.29. The summed E-state index contributed by atoms with van der Waals surface area (Å²) in [7, 11) is -15.8. The van der Waals surface area contributed by atoms with E-state index in [1.54, 1.807) is 0 Å². The summed E-state index contributed by atoms with van der Waals surface area (Å²) >= 11 is 0. The van der Waals surface area contributed by atoms with Crippen molar-refractivity contribution in [3.8, 4) is 0 Å². The first-order valence-corrected chi connectivity index (χ1v) is 9.60. The maximum atomic E-state index is 10.8. The van der Waals surface area contributed by atoms with Crippen LogP contribution in [0.1, 0.15) is 0 Å². The predicted octanol–water partition coefficient (Wildman–Crippen LogP) is -3.74. The predicted molar refractivity (Wildman–Crippen MR) is 67.3 cm³/mol. The molecule has 1 fully saturated rings. The summed E-state index contributed by atoms with van der Waals surface area (Å²) in [5.74, 6) is -3.02. The first-order chi connectivity index (χ1) is 10.6. The van der Waals surface area contributed by atoms with Crippen molar-refractivity contribution in [1.82, 2.24) is 0 Å². The van der Waals surface area contributed by atoms with Gasteiger partial charge in [0.05, 0.1) is 13.2 Å². The minimum atomic E-state index is -5.36. The fourth-order valence-electron chi connectivity index (χ4n) is 1.77. The number of hydrogen-bond acceptors (Lipinski definition) is 12. The smallest absolute Gasteiger partial charge is 0.391 e. The second kappa shape index (κ2) is 7.01. The third-order valence-corrected chi connectivity index (χ3v) is 3.88. The van der Waals surface area contributed by atoms with E-state index in [0.717, 1.165) is 0 Å². The van der Waals surface area contributed by atoms with Gasteiger partial charge >= 0.3 is 31.2 Å². The van der Waals surface area contributed by atoms with Crippen molar-refractivity contribution >= 4 is 31.2 Å². The molecule has 18 heteroatoms. The van der Waals surface area contributed by atoms with Crippen LogP contribution in [0.25, 0.3) is 0 Å². The molecule has 0 amide bonds. The molecule has 15 nitrogen and oxygen atoms in total. The number of aliphatic hydroxyl groups is 2. The Balaban J connectivity index is 3.22. The Morgan fingerprint density at radius 1 is 0.917 bits per heavy atom. The standard InChI is InChI=1S/C6H12O15S3/c7-2-6(8)5(21-24(15,16)17)4(20-23(12,13)14)3(19-6)1-18-22(9,10)11/h3-5,7-8H,1-2H2,(H,9,10,11)(H,12,13,14)(H,15,16,17)/t3-,4-,5+,6-/m1/s1. The summed E-state index contributed by atoms with van der Waals surface area (Å²) in [5.41, 5.74) is 0. The normalized spacial score (nSPS) is 32.1. The molecule has 0 aromatic heterocycles. The molecule has 0 aromatic rings. The SMILES string of the molecule is O=S(=O)(O)OC[C@H]1O[C@](O)(CO)[C@@H](OS(=O)(=O)O)[C@@H]1OS(=O)(=O)O. The first-order valence-electron chi connectivity index (χ1n) is 5.50. The highest BCUT2D eigenvalue weighted by Crippen LogP contribution is 2.35. The van der Waals surface area contributed by atoms with Crippen LogP contribution in [0.4, 0.5) is 0 Å². The highest BCUT2D eigenvalue weighted by molar-refractivity contribution is 7.81.